The van der Waals surface area contributed by atoms with Gasteiger partial charge in [-0.2, -0.15) is 0 Å². The molecule has 0 aliphatic carbocycles. The molecule has 3 heterocycles. The lowest BCUT2D eigenvalue weighted by atomic mass is 9.85. The molecule has 0 spiro atoms. The molecule has 2 aliphatic heterocycles. The van der Waals surface area contributed by atoms with Gasteiger partial charge in [-0.05, 0) is 18.6 Å². The van der Waals surface area contributed by atoms with E-state index in [2.05, 4.69) is 0 Å². The van der Waals surface area contributed by atoms with E-state index in [1.54, 1.807) is 29.7 Å². The topological polar surface area (TPSA) is 110 Å². The predicted molar refractivity (Wildman–Crippen MR) is 128 cm³/mol. The molecule has 9 heteroatoms. The Morgan fingerprint density at radius 1 is 0.861 bits per heavy atom. The number of carbonyl (C=O) groups excluding carboxylic acids is 4. The number of benzene rings is 1. The fraction of sp³-hybridized carbons (Fsp3) is 0.259. The summed E-state index contributed by atoms with van der Waals surface area (Å²) in [7, 11) is 4.88. The van der Waals surface area contributed by atoms with Gasteiger partial charge in [0.15, 0.2) is 0 Å². The predicted octanol–water partition coefficient (Wildman–Crippen LogP) is 2.91. The summed E-state index contributed by atoms with van der Waals surface area (Å²) in [4.78, 5) is 52.2. The lowest BCUT2D eigenvalue weighted by Crippen LogP contribution is -2.36. The minimum atomic E-state index is -1.27. The zero-order valence-corrected chi connectivity index (χ0v) is 20.5. The highest BCUT2D eigenvalue weighted by molar-refractivity contribution is 6.26. The first-order valence-corrected chi connectivity index (χ1v) is 11.0. The fourth-order valence-electron chi connectivity index (χ4n) is 4.94. The van der Waals surface area contributed by atoms with E-state index >= 15 is 0 Å². The zero-order chi connectivity index (χ0) is 26.2. The third kappa shape index (κ3) is 3.55. The first-order chi connectivity index (χ1) is 17.2. The van der Waals surface area contributed by atoms with Crippen molar-refractivity contribution in [3.8, 4) is 11.1 Å². The summed E-state index contributed by atoms with van der Waals surface area (Å²) in [6.45, 7) is 1.72. The number of hydrogen-bond acceptors (Lipinski definition) is 8. The molecule has 4 rings (SSSR count). The van der Waals surface area contributed by atoms with Gasteiger partial charge in [-0.25, -0.2) is 14.4 Å². The minimum Gasteiger partial charge on any atom is -0.468 e. The molecular weight excluding hydrogens is 466 g/mol. The highest BCUT2D eigenvalue weighted by atomic mass is 16.5. The van der Waals surface area contributed by atoms with Gasteiger partial charge in [0.1, 0.15) is 5.92 Å². The number of methoxy groups -OCH3 is 4. The minimum absolute atomic E-state index is 0.00624. The summed E-state index contributed by atoms with van der Waals surface area (Å²) in [6, 6.07) is 10.9. The average molecular weight is 491 g/mol. The van der Waals surface area contributed by atoms with Crippen LogP contribution in [0.4, 0.5) is 0 Å². The Balaban J connectivity index is 2.20. The molecule has 0 fully saturated rings. The van der Waals surface area contributed by atoms with Gasteiger partial charge in [-0.1, -0.05) is 48.6 Å². The van der Waals surface area contributed by atoms with E-state index in [9.17, 15) is 19.2 Å². The number of hydrogen-bond donors (Lipinski definition) is 0. The molecule has 1 aromatic carbocycles. The summed E-state index contributed by atoms with van der Waals surface area (Å²) in [6.07, 6.45) is 4.65. The van der Waals surface area contributed by atoms with E-state index in [0.717, 1.165) is 5.56 Å². The standard InChI is InChI=1S/C27H25NO8/c1-27-13-9-12-16(23(29)33-2)19(24(30)34-3)18-14-17(15-10-7-6-8-11-15)22(28(18)27)20(25(31)35-4)21(27)26(32)36-5/h6-14,19H,1-5H3/b13-9-,16-12+. The molecular formula is C27H25NO8. The third-order valence-corrected chi connectivity index (χ3v) is 6.51. The molecule has 2 aromatic rings. The van der Waals surface area contributed by atoms with Crippen molar-refractivity contribution < 1.29 is 38.1 Å². The Labute approximate surface area is 207 Å². The number of carbonyl (C=O) groups is 4. The van der Waals surface area contributed by atoms with E-state index < -0.39 is 35.3 Å². The van der Waals surface area contributed by atoms with E-state index in [1.165, 1.54) is 34.5 Å². The molecule has 9 nitrogen and oxygen atoms in total. The van der Waals surface area contributed by atoms with Crippen molar-refractivity contribution in [3.05, 3.63) is 77.2 Å². The molecule has 0 bridgehead atoms. The average Bonchev–Trinajstić information content (AvgIpc) is 3.40. The van der Waals surface area contributed by atoms with E-state index in [0.29, 0.717) is 17.0 Å². The van der Waals surface area contributed by atoms with Crippen LogP contribution in [0.2, 0.25) is 0 Å². The second kappa shape index (κ2) is 9.33. The maximum atomic E-state index is 13.2. The second-order valence-corrected chi connectivity index (χ2v) is 8.34. The molecule has 0 radical (unpaired) electrons. The summed E-state index contributed by atoms with van der Waals surface area (Å²) >= 11 is 0. The Bertz CT molecular complexity index is 1360. The smallest absolute Gasteiger partial charge is 0.340 e. The molecule has 0 amide bonds. The van der Waals surface area contributed by atoms with Crippen molar-refractivity contribution in [1.29, 1.82) is 0 Å². The van der Waals surface area contributed by atoms with Crippen molar-refractivity contribution in [2.24, 2.45) is 0 Å². The van der Waals surface area contributed by atoms with Crippen LogP contribution in [0.25, 0.3) is 16.7 Å². The normalized spacial score (nSPS) is 22.4. The second-order valence-electron chi connectivity index (χ2n) is 8.34. The number of rotatable bonds is 5. The Hall–Kier alpha value is -4.40. The van der Waals surface area contributed by atoms with Gasteiger partial charge in [-0.15, -0.1) is 0 Å². The van der Waals surface area contributed by atoms with Gasteiger partial charge in [0.05, 0.1) is 56.4 Å². The first kappa shape index (κ1) is 24.7. The largest absolute Gasteiger partial charge is 0.468 e. The van der Waals surface area contributed by atoms with Crippen LogP contribution in [0.15, 0.2) is 65.8 Å². The summed E-state index contributed by atoms with van der Waals surface area (Å²) in [5, 5.41) is 0. The lowest BCUT2D eigenvalue weighted by Gasteiger charge is -2.31. The van der Waals surface area contributed by atoms with E-state index in [-0.39, 0.29) is 16.7 Å². The highest BCUT2D eigenvalue weighted by Gasteiger charge is 2.51. The van der Waals surface area contributed by atoms with Crippen molar-refractivity contribution in [1.82, 2.24) is 4.57 Å². The number of esters is 4. The monoisotopic (exact) mass is 491 g/mol. The molecule has 186 valence electrons. The van der Waals surface area contributed by atoms with Crippen molar-refractivity contribution >= 4 is 29.5 Å². The molecule has 0 saturated heterocycles. The molecule has 36 heavy (non-hydrogen) atoms. The molecule has 2 aliphatic rings. The van der Waals surface area contributed by atoms with Crippen LogP contribution in [0.1, 0.15) is 24.2 Å². The summed E-state index contributed by atoms with van der Waals surface area (Å²) < 4.78 is 21.9. The molecule has 0 N–H and O–H groups in total. The number of aromatic nitrogens is 1. The van der Waals surface area contributed by atoms with Crippen LogP contribution < -0.4 is 0 Å². The van der Waals surface area contributed by atoms with Gasteiger partial charge in [0, 0.05) is 11.3 Å². The van der Waals surface area contributed by atoms with Gasteiger partial charge >= 0.3 is 23.9 Å². The van der Waals surface area contributed by atoms with Crippen LogP contribution in [-0.4, -0.2) is 56.9 Å². The number of allylic oxidation sites excluding steroid dienone is 3. The van der Waals surface area contributed by atoms with Crippen molar-refractivity contribution in [2.75, 3.05) is 28.4 Å². The van der Waals surface area contributed by atoms with E-state index in [1.807, 2.05) is 30.3 Å². The van der Waals surface area contributed by atoms with Crippen LogP contribution in [0, 0.1) is 0 Å². The first-order valence-electron chi connectivity index (χ1n) is 11.0. The lowest BCUT2D eigenvalue weighted by molar-refractivity contribution is -0.145. The zero-order valence-electron chi connectivity index (χ0n) is 20.5. The van der Waals surface area contributed by atoms with Gasteiger partial charge < -0.3 is 23.5 Å². The highest BCUT2D eigenvalue weighted by Crippen LogP contribution is 2.51. The van der Waals surface area contributed by atoms with E-state index in [4.69, 9.17) is 18.9 Å². The maximum absolute atomic E-state index is 13.2. The maximum Gasteiger partial charge on any atom is 0.340 e. The molecule has 0 saturated carbocycles. The molecule has 2 atom stereocenters. The Kier molecular flexibility index (Phi) is 6.41. The molecule has 1 aromatic heterocycles. The summed E-state index contributed by atoms with van der Waals surface area (Å²) in [5.41, 5.74) is 0.789. The fourth-order valence-corrected chi connectivity index (χ4v) is 4.94. The van der Waals surface area contributed by atoms with Crippen LogP contribution in [0.5, 0.6) is 0 Å². The van der Waals surface area contributed by atoms with Crippen LogP contribution >= 0.6 is 0 Å². The third-order valence-electron chi connectivity index (χ3n) is 6.51. The van der Waals surface area contributed by atoms with Gasteiger partial charge in [-0.3, -0.25) is 4.79 Å². The SMILES string of the molecule is COC(=O)C1=C(C(=O)OC)C2(C)/C=C\C=C(\C(=O)OC)C(C(=O)OC)c3cc(-c4ccccc4)c1n32. The quantitative estimate of drug-likeness (QED) is 0.464. The van der Waals surface area contributed by atoms with Crippen molar-refractivity contribution in [3.63, 3.8) is 0 Å². The van der Waals surface area contributed by atoms with Gasteiger partial charge in [0.25, 0.3) is 0 Å². The van der Waals surface area contributed by atoms with Crippen LogP contribution in [-0.2, 0) is 43.7 Å². The molecule has 2 unspecified atom stereocenters. The van der Waals surface area contributed by atoms with Crippen molar-refractivity contribution in [2.45, 2.75) is 18.4 Å². The number of ether oxygens (including phenoxy) is 4. The van der Waals surface area contributed by atoms with Gasteiger partial charge in [0.2, 0.25) is 0 Å². The summed E-state index contributed by atoms with van der Waals surface area (Å²) in [5.74, 6) is -4.12. The Morgan fingerprint density at radius 2 is 1.50 bits per heavy atom. The Morgan fingerprint density at radius 3 is 2.08 bits per heavy atom. The number of nitrogens with zero attached hydrogens (tertiary/aromatic N) is 1. The van der Waals surface area contributed by atoms with Crippen LogP contribution in [0.3, 0.4) is 0 Å².